The molecule has 0 bridgehead atoms. The molecule has 1 aromatic carbocycles. The summed E-state index contributed by atoms with van der Waals surface area (Å²) in [5.41, 5.74) is 1.92. The van der Waals surface area contributed by atoms with Gasteiger partial charge in [-0.15, -0.1) is 0 Å². The van der Waals surface area contributed by atoms with Gasteiger partial charge in [0.1, 0.15) is 5.69 Å². The molecule has 1 amide bonds. The number of hydrogen-bond acceptors (Lipinski definition) is 3. The van der Waals surface area contributed by atoms with E-state index in [4.69, 9.17) is 0 Å². The van der Waals surface area contributed by atoms with Crippen molar-refractivity contribution in [3.05, 3.63) is 70.7 Å². The van der Waals surface area contributed by atoms with Crippen LogP contribution in [0.15, 0.2) is 53.7 Å². The first-order valence-electron chi connectivity index (χ1n) is 7.64. The summed E-state index contributed by atoms with van der Waals surface area (Å²) in [6, 6.07) is 9.89. The van der Waals surface area contributed by atoms with Crippen LogP contribution in [-0.2, 0) is 13.1 Å². The number of benzene rings is 1. The molecule has 0 spiro atoms. The highest BCUT2D eigenvalue weighted by Crippen LogP contribution is 2.18. The molecule has 2 aromatic heterocycles. The summed E-state index contributed by atoms with van der Waals surface area (Å²) in [5.74, 6) is -0.112. The van der Waals surface area contributed by atoms with Crippen molar-refractivity contribution >= 4 is 11.4 Å². The SMILES string of the molecule is O=C1c2c3cnccn3c(=O)n2CCCN1Cc1ccccc1. The Morgan fingerprint density at radius 2 is 1.91 bits per heavy atom. The third-order valence-corrected chi connectivity index (χ3v) is 4.22. The van der Waals surface area contributed by atoms with Crippen molar-refractivity contribution in [2.45, 2.75) is 19.5 Å². The van der Waals surface area contributed by atoms with Gasteiger partial charge in [0.15, 0.2) is 0 Å². The highest BCUT2D eigenvalue weighted by molar-refractivity contribution is 5.99. The Morgan fingerprint density at radius 1 is 1.09 bits per heavy atom. The summed E-state index contributed by atoms with van der Waals surface area (Å²) in [4.78, 5) is 31.3. The van der Waals surface area contributed by atoms with Crippen LogP contribution in [0.25, 0.3) is 5.52 Å². The second-order valence-corrected chi connectivity index (χ2v) is 5.68. The summed E-state index contributed by atoms with van der Waals surface area (Å²) in [7, 11) is 0. The van der Waals surface area contributed by atoms with E-state index in [2.05, 4.69) is 4.98 Å². The zero-order valence-corrected chi connectivity index (χ0v) is 12.6. The average Bonchev–Trinajstić information content (AvgIpc) is 2.76. The van der Waals surface area contributed by atoms with Gasteiger partial charge in [-0.05, 0) is 12.0 Å². The minimum Gasteiger partial charge on any atom is -0.333 e. The first-order chi connectivity index (χ1) is 11.3. The topological polar surface area (TPSA) is 59.6 Å². The highest BCUT2D eigenvalue weighted by Gasteiger charge is 2.27. The number of amides is 1. The van der Waals surface area contributed by atoms with Crippen LogP contribution in [0.1, 0.15) is 22.5 Å². The van der Waals surface area contributed by atoms with Gasteiger partial charge in [-0.2, -0.15) is 0 Å². The van der Waals surface area contributed by atoms with Gasteiger partial charge in [0.25, 0.3) is 5.91 Å². The first kappa shape index (κ1) is 13.8. The largest absolute Gasteiger partial charge is 0.333 e. The minimum absolute atomic E-state index is 0.112. The molecule has 0 unspecified atom stereocenters. The molecule has 1 aliphatic heterocycles. The fourth-order valence-electron chi connectivity index (χ4n) is 3.13. The predicted octanol–water partition coefficient (Wildman–Crippen LogP) is 1.54. The lowest BCUT2D eigenvalue weighted by atomic mass is 10.2. The van der Waals surface area contributed by atoms with E-state index >= 15 is 0 Å². The van der Waals surface area contributed by atoms with Crippen molar-refractivity contribution in [3.63, 3.8) is 0 Å². The summed E-state index contributed by atoms with van der Waals surface area (Å²) in [6.07, 6.45) is 5.50. The number of carbonyl (C=O) groups is 1. The number of carbonyl (C=O) groups excluding carboxylic acids is 1. The Morgan fingerprint density at radius 3 is 2.74 bits per heavy atom. The van der Waals surface area contributed by atoms with Crippen LogP contribution < -0.4 is 5.69 Å². The first-order valence-corrected chi connectivity index (χ1v) is 7.64. The maximum Gasteiger partial charge on any atom is 0.333 e. The standard InChI is InChI=1S/C17H16N4O2/c22-16-15-14-11-18-7-10-20(14)17(23)21(15)9-4-8-19(16)12-13-5-2-1-3-6-13/h1-3,5-7,10-11H,4,8-9,12H2. The van der Waals surface area contributed by atoms with Crippen LogP contribution in [0.5, 0.6) is 0 Å². The smallest absolute Gasteiger partial charge is 0.333 e. The lowest BCUT2D eigenvalue weighted by Gasteiger charge is -2.20. The molecular formula is C17H16N4O2. The van der Waals surface area contributed by atoms with E-state index in [1.165, 1.54) is 4.40 Å². The van der Waals surface area contributed by atoms with Crippen LogP contribution in [0.3, 0.4) is 0 Å². The second-order valence-electron chi connectivity index (χ2n) is 5.68. The number of aromatic nitrogens is 3. The zero-order chi connectivity index (χ0) is 15.8. The molecule has 0 fully saturated rings. The molecule has 0 N–H and O–H groups in total. The Bertz CT molecular complexity index is 927. The minimum atomic E-state index is -0.174. The van der Waals surface area contributed by atoms with Crippen molar-refractivity contribution in [3.8, 4) is 0 Å². The lowest BCUT2D eigenvalue weighted by Crippen LogP contribution is -2.31. The third kappa shape index (κ3) is 2.23. The van der Waals surface area contributed by atoms with Crippen molar-refractivity contribution in [2.75, 3.05) is 6.54 Å². The number of hydrogen-bond donors (Lipinski definition) is 0. The molecule has 0 saturated carbocycles. The number of rotatable bonds is 2. The van der Waals surface area contributed by atoms with E-state index in [1.807, 2.05) is 30.3 Å². The molecule has 6 heteroatoms. The van der Waals surface area contributed by atoms with E-state index in [9.17, 15) is 9.59 Å². The van der Waals surface area contributed by atoms with Crippen molar-refractivity contribution < 1.29 is 4.79 Å². The van der Waals surface area contributed by atoms with Gasteiger partial charge in [-0.3, -0.25) is 18.7 Å². The van der Waals surface area contributed by atoms with Gasteiger partial charge in [0.2, 0.25) is 0 Å². The molecule has 0 saturated heterocycles. The Balaban J connectivity index is 1.79. The van der Waals surface area contributed by atoms with Crippen molar-refractivity contribution in [1.29, 1.82) is 0 Å². The van der Waals surface area contributed by atoms with Gasteiger partial charge in [0.05, 0.1) is 11.7 Å². The summed E-state index contributed by atoms with van der Waals surface area (Å²) in [6.45, 7) is 1.74. The van der Waals surface area contributed by atoms with Crippen molar-refractivity contribution in [1.82, 2.24) is 18.9 Å². The molecule has 4 rings (SSSR count). The molecule has 6 nitrogen and oxygen atoms in total. The van der Waals surface area contributed by atoms with E-state index in [-0.39, 0.29) is 11.6 Å². The fourth-order valence-corrected chi connectivity index (χ4v) is 3.13. The normalized spacial score (nSPS) is 14.8. The lowest BCUT2D eigenvalue weighted by molar-refractivity contribution is 0.0747. The molecule has 0 aliphatic carbocycles. The molecule has 0 radical (unpaired) electrons. The van der Waals surface area contributed by atoms with Gasteiger partial charge in [-0.1, -0.05) is 30.3 Å². The maximum absolute atomic E-state index is 13.0. The molecule has 3 aromatic rings. The van der Waals surface area contributed by atoms with Crippen LogP contribution in [0.2, 0.25) is 0 Å². The van der Waals surface area contributed by atoms with E-state index in [0.29, 0.717) is 30.8 Å². The monoisotopic (exact) mass is 308 g/mol. The molecule has 3 heterocycles. The molecule has 1 aliphatic rings. The van der Waals surface area contributed by atoms with E-state index in [0.717, 1.165) is 12.0 Å². The second kappa shape index (κ2) is 5.39. The van der Waals surface area contributed by atoms with Crippen molar-refractivity contribution in [2.24, 2.45) is 0 Å². The highest BCUT2D eigenvalue weighted by atomic mass is 16.2. The van der Waals surface area contributed by atoms with E-state index in [1.54, 1.807) is 28.1 Å². The van der Waals surface area contributed by atoms with Crippen LogP contribution in [0, 0.1) is 0 Å². The Labute approximate surface area is 132 Å². The number of nitrogens with zero attached hydrogens (tertiary/aromatic N) is 4. The van der Waals surface area contributed by atoms with Crippen LogP contribution in [-0.4, -0.2) is 31.3 Å². The van der Waals surface area contributed by atoms with Gasteiger partial charge in [-0.25, -0.2) is 4.79 Å². The van der Waals surface area contributed by atoms with Crippen LogP contribution >= 0.6 is 0 Å². The maximum atomic E-state index is 13.0. The average molecular weight is 308 g/mol. The molecule has 23 heavy (non-hydrogen) atoms. The van der Waals surface area contributed by atoms with E-state index < -0.39 is 0 Å². The third-order valence-electron chi connectivity index (χ3n) is 4.22. The Hall–Kier alpha value is -2.89. The summed E-state index contributed by atoms with van der Waals surface area (Å²) >= 11 is 0. The number of imidazole rings is 1. The molecule has 0 atom stereocenters. The Kier molecular flexibility index (Phi) is 3.22. The summed E-state index contributed by atoms with van der Waals surface area (Å²) < 4.78 is 3.07. The fraction of sp³-hybridized carbons (Fsp3) is 0.235. The quantitative estimate of drug-likeness (QED) is 0.721. The van der Waals surface area contributed by atoms with Gasteiger partial charge >= 0.3 is 5.69 Å². The predicted molar refractivity (Wildman–Crippen MR) is 85.3 cm³/mol. The van der Waals surface area contributed by atoms with Crippen LogP contribution in [0.4, 0.5) is 0 Å². The van der Waals surface area contributed by atoms with Gasteiger partial charge < -0.3 is 4.90 Å². The molecular weight excluding hydrogens is 292 g/mol. The molecule has 116 valence electrons. The zero-order valence-electron chi connectivity index (χ0n) is 12.6. The summed E-state index contributed by atoms with van der Waals surface area (Å²) in [5, 5.41) is 0. The van der Waals surface area contributed by atoms with Gasteiger partial charge in [0, 0.05) is 32.0 Å². The number of fused-ring (bicyclic) bond motifs is 3.